The van der Waals surface area contributed by atoms with Crippen LogP contribution in [0, 0.1) is 6.92 Å². The lowest BCUT2D eigenvalue weighted by atomic mass is 10.1. The van der Waals surface area contributed by atoms with Crippen LogP contribution in [-0.2, 0) is 6.42 Å². The Balaban J connectivity index is 3.13. The summed E-state index contributed by atoms with van der Waals surface area (Å²) < 4.78 is 36.7. The molecule has 1 aromatic rings. The fraction of sp³-hybridized carbons (Fsp3) is 0.444. The van der Waals surface area contributed by atoms with Gasteiger partial charge in [-0.25, -0.2) is 9.97 Å². The van der Waals surface area contributed by atoms with Crippen LogP contribution in [0.3, 0.4) is 0 Å². The van der Waals surface area contributed by atoms with Crippen LogP contribution in [0.15, 0.2) is 6.20 Å². The van der Waals surface area contributed by atoms with E-state index in [-0.39, 0.29) is 17.1 Å². The predicted molar refractivity (Wildman–Crippen MR) is 49.9 cm³/mol. The van der Waals surface area contributed by atoms with Gasteiger partial charge in [0.2, 0.25) is 0 Å². The number of hydrogen-bond acceptors (Lipinski definition) is 3. The number of rotatable bonds is 2. The van der Waals surface area contributed by atoms with Crippen molar-refractivity contribution < 1.29 is 18.0 Å². The Morgan fingerprint density at radius 3 is 2.62 bits per heavy atom. The number of hydrogen-bond donors (Lipinski definition) is 1. The van der Waals surface area contributed by atoms with Gasteiger partial charge in [-0.1, -0.05) is 0 Å². The zero-order chi connectivity index (χ0) is 12.3. The van der Waals surface area contributed by atoms with Gasteiger partial charge in [-0.2, -0.15) is 13.2 Å². The molecule has 0 radical (unpaired) electrons. The van der Waals surface area contributed by atoms with Crippen molar-refractivity contribution in [3.05, 3.63) is 23.3 Å². The molecule has 0 aliphatic rings. The summed E-state index contributed by atoms with van der Waals surface area (Å²) >= 11 is 0. The lowest BCUT2D eigenvalue weighted by Crippen LogP contribution is -2.23. The van der Waals surface area contributed by atoms with E-state index in [0.29, 0.717) is 0 Å². The van der Waals surface area contributed by atoms with Crippen molar-refractivity contribution >= 4 is 5.91 Å². The minimum atomic E-state index is -4.40. The van der Waals surface area contributed by atoms with Crippen molar-refractivity contribution in [1.82, 2.24) is 15.3 Å². The van der Waals surface area contributed by atoms with Gasteiger partial charge in [0.1, 0.15) is 5.82 Å². The molecule has 7 heteroatoms. The maximum Gasteiger partial charge on any atom is 0.394 e. The molecule has 1 rings (SSSR count). The monoisotopic (exact) mass is 233 g/mol. The highest BCUT2D eigenvalue weighted by molar-refractivity contribution is 5.94. The Morgan fingerprint density at radius 1 is 1.50 bits per heavy atom. The van der Waals surface area contributed by atoms with Crippen molar-refractivity contribution in [1.29, 1.82) is 0 Å². The minimum absolute atomic E-state index is 0.148. The van der Waals surface area contributed by atoms with Gasteiger partial charge >= 0.3 is 6.18 Å². The topological polar surface area (TPSA) is 54.9 Å². The number of carbonyl (C=O) groups excluding carboxylic acids is 1. The summed E-state index contributed by atoms with van der Waals surface area (Å²) in [5.41, 5.74) is -0.454. The molecule has 0 aliphatic carbocycles. The van der Waals surface area contributed by atoms with Crippen LogP contribution < -0.4 is 5.32 Å². The maximum atomic E-state index is 12.2. The Labute approximate surface area is 89.9 Å². The molecule has 0 fully saturated rings. The molecule has 0 unspecified atom stereocenters. The van der Waals surface area contributed by atoms with Crippen LogP contribution in [0.1, 0.15) is 21.9 Å². The molecule has 88 valence electrons. The molecule has 0 atom stereocenters. The molecular formula is C9H10F3N3O. The van der Waals surface area contributed by atoms with Crippen molar-refractivity contribution in [3.8, 4) is 0 Å². The fourth-order valence-corrected chi connectivity index (χ4v) is 1.17. The largest absolute Gasteiger partial charge is 0.394 e. The first-order valence-corrected chi connectivity index (χ1v) is 4.45. The molecular weight excluding hydrogens is 223 g/mol. The van der Waals surface area contributed by atoms with E-state index in [2.05, 4.69) is 15.3 Å². The summed E-state index contributed by atoms with van der Waals surface area (Å²) in [6.45, 7) is 1.47. The van der Waals surface area contributed by atoms with Crippen LogP contribution in [0.2, 0.25) is 0 Å². The number of amides is 1. The molecule has 0 saturated heterocycles. The normalized spacial score (nSPS) is 11.3. The van der Waals surface area contributed by atoms with Crippen molar-refractivity contribution in [2.24, 2.45) is 0 Å². The molecule has 0 aromatic carbocycles. The van der Waals surface area contributed by atoms with E-state index in [1.807, 2.05) is 0 Å². The second-order valence-electron chi connectivity index (χ2n) is 3.15. The van der Waals surface area contributed by atoms with Crippen LogP contribution in [-0.4, -0.2) is 29.1 Å². The summed E-state index contributed by atoms with van der Waals surface area (Å²) in [4.78, 5) is 18.6. The van der Waals surface area contributed by atoms with Crippen molar-refractivity contribution in [2.75, 3.05) is 7.05 Å². The van der Waals surface area contributed by atoms with Gasteiger partial charge in [-0.3, -0.25) is 4.79 Å². The molecule has 0 saturated carbocycles. The zero-order valence-electron chi connectivity index (χ0n) is 8.72. The molecule has 4 nitrogen and oxygen atoms in total. The highest BCUT2D eigenvalue weighted by Gasteiger charge is 2.31. The first-order valence-electron chi connectivity index (χ1n) is 4.45. The number of aryl methyl sites for hydroxylation is 1. The van der Waals surface area contributed by atoms with E-state index < -0.39 is 18.5 Å². The van der Waals surface area contributed by atoms with Crippen LogP contribution in [0.25, 0.3) is 0 Å². The molecule has 1 N–H and O–H groups in total. The molecule has 0 bridgehead atoms. The molecule has 0 spiro atoms. The second-order valence-corrected chi connectivity index (χ2v) is 3.15. The molecule has 1 amide bonds. The van der Waals surface area contributed by atoms with Crippen LogP contribution in [0.5, 0.6) is 0 Å². The third-order valence-corrected chi connectivity index (χ3v) is 1.83. The first-order chi connectivity index (χ1) is 7.33. The third-order valence-electron chi connectivity index (χ3n) is 1.83. The van der Waals surface area contributed by atoms with E-state index in [0.717, 1.165) is 6.20 Å². The van der Waals surface area contributed by atoms with E-state index in [9.17, 15) is 18.0 Å². The number of carbonyl (C=O) groups is 1. The van der Waals surface area contributed by atoms with E-state index in [4.69, 9.17) is 0 Å². The predicted octanol–water partition coefficient (Wildman–Crippen LogP) is 1.25. The third kappa shape index (κ3) is 3.18. The standard InChI is InChI=1S/C9H10F3N3O/c1-5-14-4-6(8(16)13-2)7(15-5)3-9(10,11)12/h4H,3H2,1-2H3,(H,13,16). The molecule has 1 heterocycles. The highest BCUT2D eigenvalue weighted by Crippen LogP contribution is 2.22. The quantitative estimate of drug-likeness (QED) is 0.836. The lowest BCUT2D eigenvalue weighted by Gasteiger charge is -2.10. The number of nitrogens with zero attached hydrogens (tertiary/aromatic N) is 2. The summed E-state index contributed by atoms with van der Waals surface area (Å²) in [5.74, 6) is -0.425. The van der Waals surface area contributed by atoms with Crippen LogP contribution in [0.4, 0.5) is 13.2 Å². The summed E-state index contributed by atoms with van der Waals surface area (Å²) in [6, 6.07) is 0. The zero-order valence-corrected chi connectivity index (χ0v) is 8.72. The Bertz CT molecular complexity index is 403. The van der Waals surface area contributed by atoms with Gasteiger partial charge < -0.3 is 5.32 Å². The van der Waals surface area contributed by atoms with Gasteiger partial charge in [0.05, 0.1) is 17.7 Å². The number of halogens is 3. The Morgan fingerprint density at radius 2 is 2.12 bits per heavy atom. The maximum absolute atomic E-state index is 12.2. The van der Waals surface area contributed by atoms with Crippen molar-refractivity contribution in [3.63, 3.8) is 0 Å². The lowest BCUT2D eigenvalue weighted by molar-refractivity contribution is -0.127. The molecule has 16 heavy (non-hydrogen) atoms. The van der Waals surface area contributed by atoms with E-state index in [1.54, 1.807) is 0 Å². The molecule has 0 aliphatic heterocycles. The Hall–Kier alpha value is -1.66. The van der Waals surface area contributed by atoms with E-state index >= 15 is 0 Å². The summed E-state index contributed by atoms with van der Waals surface area (Å²) in [6.07, 6.45) is -4.54. The van der Waals surface area contributed by atoms with Gasteiger partial charge in [0.25, 0.3) is 5.91 Å². The molecule has 1 aromatic heterocycles. The fourth-order valence-electron chi connectivity index (χ4n) is 1.17. The SMILES string of the molecule is CNC(=O)c1cnc(C)nc1CC(F)(F)F. The van der Waals surface area contributed by atoms with Gasteiger partial charge in [-0.15, -0.1) is 0 Å². The van der Waals surface area contributed by atoms with Gasteiger partial charge in [0, 0.05) is 13.2 Å². The number of alkyl halides is 3. The van der Waals surface area contributed by atoms with Gasteiger partial charge in [-0.05, 0) is 6.92 Å². The Kier molecular flexibility index (Phi) is 3.46. The average molecular weight is 233 g/mol. The van der Waals surface area contributed by atoms with E-state index in [1.165, 1.54) is 14.0 Å². The van der Waals surface area contributed by atoms with Crippen molar-refractivity contribution in [2.45, 2.75) is 19.5 Å². The minimum Gasteiger partial charge on any atom is -0.355 e. The number of aromatic nitrogens is 2. The first kappa shape index (κ1) is 12.4. The highest BCUT2D eigenvalue weighted by atomic mass is 19.4. The van der Waals surface area contributed by atoms with Gasteiger partial charge in [0.15, 0.2) is 0 Å². The second kappa shape index (κ2) is 4.46. The summed E-state index contributed by atoms with van der Waals surface area (Å²) in [7, 11) is 1.33. The number of nitrogens with one attached hydrogen (secondary N) is 1. The smallest absolute Gasteiger partial charge is 0.355 e. The van der Waals surface area contributed by atoms with Crippen LogP contribution >= 0.6 is 0 Å². The summed E-state index contributed by atoms with van der Waals surface area (Å²) in [5, 5.41) is 2.24. The average Bonchev–Trinajstić information content (AvgIpc) is 2.14.